The third-order valence-corrected chi connectivity index (χ3v) is 10.2. The van der Waals surface area contributed by atoms with E-state index >= 15 is 0 Å². The van der Waals surface area contributed by atoms with Crippen LogP contribution in [0, 0.1) is 0 Å². The molecular formula is C46H27N3O. The topological polar surface area (TPSA) is 42.2 Å². The standard InChI is InChI=1S/C46H27N3O/c1-2-15-33-28(10-1)23-25-40-44(33)37-18-8-11-29-12-9-20-39(43(29)37)49(40)32-14-7-13-31(26-32)46-47-38-19-5-3-17-36(38)45(48-46)30-22-24-35-34-16-4-6-21-41(34)50-42(35)27-30/h1-27H. The SMILES string of the molecule is c1cc(-c2nc(-c3ccc4c(c3)oc3ccccc34)c3ccccc3n2)cc(N2c3ccc4ccccc4c3-c3cccc4cccc2c34)c1. The molecule has 4 nitrogen and oxygen atoms in total. The molecule has 0 saturated heterocycles. The van der Waals surface area contributed by atoms with E-state index in [-0.39, 0.29) is 0 Å². The molecule has 1 aliphatic rings. The number of fused-ring (bicyclic) bond motifs is 8. The van der Waals surface area contributed by atoms with Gasteiger partial charge in [0.2, 0.25) is 0 Å². The highest BCUT2D eigenvalue weighted by atomic mass is 16.3. The Bertz CT molecular complexity index is 3010. The molecule has 0 spiro atoms. The maximum atomic E-state index is 6.28. The zero-order chi connectivity index (χ0) is 32.8. The van der Waals surface area contributed by atoms with Crippen LogP contribution in [-0.2, 0) is 0 Å². The van der Waals surface area contributed by atoms with Crippen molar-refractivity contribution in [3.63, 3.8) is 0 Å². The molecule has 0 saturated carbocycles. The van der Waals surface area contributed by atoms with Crippen molar-refractivity contribution < 1.29 is 4.42 Å². The van der Waals surface area contributed by atoms with E-state index < -0.39 is 0 Å². The molecule has 0 fully saturated rings. The minimum atomic E-state index is 0.680. The number of rotatable bonds is 3. The molecule has 4 heteroatoms. The van der Waals surface area contributed by atoms with Gasteiger partial charge in [0.25, 0.3) is 0 Å². The van der Waals surface area contributed by atoms with Crippen LogP contribution in [0.5, 0.6) is 0 Å². The summed E-state index contributed by atoms with van der Waals surface area (Å²) in [5.41, 5.74) is 11.4. The molecular weight excluding hydrogens is 611 g/mol. The molecule has 0 atom stereocenters. The predicted octanol–water partition coefficient (Wildman–Crippen LogP) is 12.6. The van der Waals surface area contributed by atoms with Gasteiger partial charge in [-0.1, -0.05) is 115 Å². The summed E-state index contributed by atoms with van der Waals surface area (Å²) in [5, 5.41) is 8.18. The largest absolute Gasteiger partial charge is 0.456 e. The normalized spacial score (nSPS) is 12.4. The van der Waals surface area contributed by atoms with Crippen LogP contribution >= 0.6 is 0 Å². The number of para-hydroxylation sites is 2. The summed E-state index contributed by atoms with van der Waals surface area (Å²) in [7, 11) is 0. The van der Waals surface area contributed by atoms with E-state index in [0.29, 0.717) is 5.82 Å². The highest BCUT2D eigenvalue weighted by molar-refractivity contribution is 6.19. The fourth-order valence-electron chi connectivity index (χ4n) is 7.94. The Kier molecular flexibility index (Phi) is 5.63. The van der Waals surface area contributed by atoms with Crippen LogP contribution in [0.15, 0.2) is 168 Å². The third kappa shape index (κ3) is 3.93. The lowest BCUT2D eigenvalue weighted by atomic mass is 9.87. The summed E-state index contributed by atoms with van der Waals surface area (Å²) in [6.07, 6.45) is 0. The van der Waals surface area contributed by atoms with E-state index in [1.54, 1.807) is 0 Å². The van der Waals surface area contributed by atoms with Crippen molar-refractivity contribution in [2.75, 3.05) is 4.90 Å². The van der Waals surface area contributed by atoms with E-state index in [0.717, 1.165) is 66.7 Å². The molecule has 0 bridgehead atoms. The Balaban J connectivity index is 1.11. The van der Waals surface area contributed by atoms with E-state index in [1.807, 2.05) is 30.3 Å². The van der Waals surface area contributed by atoms with Crippen molar-refractivity contribution in [1.29, 1.82) is 0 Å². The number of benzene rings is 8. The Hall–Kier alpha value is -6.78. The molecule has 0 N–H and O–H groups in total. The number of aromatic nitrogens is 2. The van der Waals surface area contributed by atoms with E-state index in [1.165, 1.54) is 32.7 Å². The van der Waals surface area contributed by atoms with E-state index in [4.69, 9.17) is 14.4 Å². The Morgan fingerprint density at radius 3 is 2.16 bits per heavy atom. The van der Waals surface area contributed by atoms with Crippen molar-refractivity contribution >= 4 is 71.4 Å². The van der Waals surface area contributed by atoms with Gasteiger partial charge in [0.1, 0.15) is 11.2 Å². The van der Waals surface area contributed by atoms with E-state index in [9.17, 15) is 0 Å². The van der Waals surface area contributed by atoms with Gasteiger partial charge < -0.3 is 9.32 Å². The van der Waals surface area contributed by atoms with Gasteiger partial charge in [-0.25, -0.2) is 9.97 Å². The van der Waals surface area contributed by atoms with Crippen LogP contribution in [0.3, 0.4) is 0 Å². The number of hydrogen-bond acceptors (Lipinski definition) is 4. The van der Waals surface area contributed by atoms with Crippen LogP contribution in [0.1, 0.15) is 0 Å². The van der Waals surface area contributed by atoms with Crippen LogP contribution < -0.4 is 4.90 Å². The van der Waals surface area contributed by atoms with Crippen molar-refractivity contribution in [1.82, 2.24) is 9.97 Å². The fourth-order valence-corrected chi connectivity index (χ4v) is 7.94. The van der Waals surface area contributed by atoms with Gasteiger partial charge >= 0.3 is 0 Å². The lowest BCUT2D eigenvalue weighted by molar-refractivity contribution is 0.669. The highest BCUT2D eigenvalue weighted by Gasteiger charge is 2.27. The van der Waals surface area contributed by atoms with Gasteiger partial charge in [-0.2, -0.15) is 0 Å². The van der Waals surface area contributed by atoms with Crippen LogP contribution in [0.4, 0.5) is 17.1 Å². The molecule has 2 aromatic heterocycles. The molecule has 0 aliphatic carbocycles. The summed E-state index contributed by atoms with van der Waals surface area (Å²) in [5.74, 6) is 0.680. The average molecular weight is 638 g/mol. The van der Waals surface area contributed by atoms with Gasteiger partial charge in [0.15, 0.2) is 5.82 Å². The second-order valence-corrected chi connectivity index (χ2v) is 13.0. The summed E-state index contributed by atoms with van der Waals surface area (Å²) < 4.78 is 6.28. The number of nitrogens with zero attached hydrogens (tertiary/aromatic N) is 3. The minimum absolute atomic E-state index is 0.680. The fraction of sp³-hybridized carbons (Fsp3) is 0. The molecule has 0 unspecified atom stereocenters. The van der Waals surface area contributed by atoms with Crippen LogP contribution in [-0.4, -0.2) is 9.97 Å². The van der Waals surface area contributed by atoms with Crippen LogP contribution in [0.25, 0.3) is 88.2 Å². The molecule has 232 valence electrons. The van der Waals surface area contributed by atoms with E-state index in [2.05, 4.69) is 138 Å². The van der Waals surface area contributed by atoms with Gasteiger partial charge in [-0.05, 0) is 70.3 Å². The maximum absolute atomic E-state index is 6.28. The van der Waals surface area contributed by atoms with Crippen molar-refractivity contribution in [3.8, 4) is 33.8 Å². The third-order valence-electron chi connectivity index (χ3n) is 10.2. The second-order valence-electron chi connectivity index (χ2n) is 13.0. The van der Waals surface area contributed by atoms with Gasteiger partial charge in [-0.3, -0.25) is 0 Å². The maximum Gasteiger partial charge on any atom is 0.160 e. The Morgan fingerprint density at radius 1 is 0.460 bits per heavy atom. The molecule has 1 aliphatic heterocycles. The summed E-state index contributed by atoms with van der Waals surface area (Å²) in [6, 6.07) is 57.9. The average Bonchev–Trinajstić information content (AvgIpc) is 3.55. The molecule has 11 rings (SSSR count). The molecule has 0 amide bonds. The van der Waals surface area contributed by atoms with Gasteiger partial charge in [0, 0.05) is 43.9 Å². The quantitative estimate of drug-likeness (QED) is 0.193. The zero-order valence-corrected chi connectivity index (χ0v) is 26.8. The molecule has 10 aromatic rings. The second kappa shape index (κ2) is 10.4. The Morgan fingerprint density at radius 2 is 1.22 bits per heavy atom. The summed E-state index contributed by atoms with van der Waals surface area (Å²) in [6.45, 7) is 0. The lowest BCUT2D eigenvalue weighted by Gasteiger charge is -2.34. The molecule has 8 aromatic carbocycles. The monoisotopic (exact) mass is 637 g/mol. The first-order valence-electron chi connectivity index (χ1n) is 16.9. The predicted molar refractivity (Wildman–Crippen MR) is 206 cm³/mol. The van der Waals surface area contributed by atoms with Gasteiger partial charge in [-0.15, -0.1) is 0 Å². The smallest absolute Gasteiger partial charge is 0.160 e. The summed E-state index contributed by atoms with van der Waals surface area (Å²) in [4.78, 5) is 12.8. The highest BCUT2D eigenvalue weighted by Crippen LogP contribution is 2.53. The van der Waals surface area contributed by atoms with Crippen molar-refractivity contribution in [2.45, 2.75) is 0 Å². The summed E-state index contributed by atoms with van der Waals surface area (Å²) >= 11 is 0. The number of anilines is 3. The lowest BCUT2D eigenvalue weighted by Crippen LogP contribution is -2.15. The van der Waals surface area contributed by atoms with Gasteiger partial charge in [0.05, 0.1) is 22.6 Å². The molecule has 0 radical (unpaired) electrons. The first-order valence-corrected chi connectivity index (χ1v) is 16.9. The molecule has 3 heterocycles. The molecule has 50 heavy (non-hydrogen) atoms. The Labute approximate surface area is 287 Å². The number of hydrogen-bond donors (Lipinski definition) is 0. The van der Waals surface area contributed by atoms with Crippen LogP contribution in [0.2, 0.25) is 0 Å². The first-order chi connectivity index (χ1) is 24.8. The number of furan rings is 1. The zero-order valence-electron chi connectivity index (χ0n) is 26.8. The first kappa shape index (κ1) is 27.2. The minimum Gasteiger partial charge on any atom is -0.456 e. The van der Waals surface area contributed by atoms with Crippen molar-refractivity contribution in [3.05, 3.63) is 164 Å². The van der Waals surface area contributed by atoms with Crippen molar-refractivity contribution in [2.24, 2.45) is 0 Å².